The molecule has 1 atom stereocenters. The average molecular weight is 225 g/mol. The van der Waals surface area contributed by atoms with Crippen LogP contribution in [0.25, 0.3) is 0 Å². The predicted octanol–water partition coefficient (Wildman–Crippen LogP) is 2.51. The molecule has 0 amide bonds. The second-order valence-electron chi connectivity index (χ2n) is 4.34. The third-order valence-corrected chi connectivity index (χ3v) is 3.51. The van der Waals surface area contributed by atoms with E-state index in [1.807, 2.05) is 0 Å². The van der Waals surface area contributed by atoms with Crippen molar-refractivity contribution in [1.29, 1.82) is 0 Å². The number of likely N-dealkylation sites (N-methyl/N-ethyl adjacent to an activating group) is 1. The molecule has 4 heteroatoms. The van der Waals surface area contributed by atoms with Crippen molar-refractivity contribution in [3.8, 4) is 0 Å². The lowest BCUT2D eigenvalue weighted by Gasteiger charge is -2.32. The first-order chi connectivity index (χ1) is 7.20. The molecule has 1 fully saturated rings. The molecular weight excluding hydrogens is 206 g/mol. The molecule has 15 heavy (non-hydrogen) atoms. The molecule has 1 aliphatic heterocycles. The molecule has 1 unspecified atom stereocenters. The van der Waals surface area contributed by atoms with Gasteiger partial charge < -0.3 is 14.5 Å². The van der Waals surface area contributed by atoms with Gasteiger partial charge in [0.1, 0.15) is 0 Å². The van der Waals surface area contributed by atoms with Crippen LogP contribution in [0.4, 0.5) is 0 Å². The van der Waals surface area contributed by atoms with Gasteiger partial charge in [-0.15, -0.1) is 0 Å². The van der Waals surface area contributed by atoms with E-state index in [0.717, 1.165) is 23.6 Å². The lowest BCUT2D eigenvalue weighted by molar-refractivity contribution is 0.184. The van der Waals surface area contributed by atoms with Crippen molar-refractivity contribution in [1.82, 2.24) is 14.5 Å². The molecule has 2 rings (SSSR count). The topological polar surface area (TPSA) is 24.0 Å². The predicted molar refractivity (Wildman–Crippen MR) is 64.7 cm³/mol. The Bertz CT molecular complexity index is 379. The summed E-state index contributed by atoms with van der Waals surface area (Å²) in [6, 6.07) is 0.566. The highest BCUT2D eigenvalue weighted by molar-refractivity contribution is 7.71. The van der Waals surface area contributed by atoms with Crippen molar-refractivity contribution in [2.75, 3.05) is 19.6 Å². The van der Waals surface area contributed by atoms with Gasteiger partial charge in [0.25, 0.3) is 0 Å². The number of aryl methyl sites for hydroxylation is 1. The Morgan fingerprint density at radius 1 is 1.60 bits per heavy atom. The highest BCUT2D eigenvalue weighted by atomic mass is 32.1. The summed E-state index contributed by atoms with van der Waals surface area (Å²) in [5.41, 5.74) is 1.16. The quantitative estimate of drug-likeness (QED) is 0.782. The number of H-pyrrole nitrogens is 1. The van der Waals surface area contributed by atoms with E-state index in [1.165, 1.54) is 19.4 Å². The number of hydrogen-bond acceptors (Lipinski definition) is 2. The Morgan fingerprint density at radius 2 is 2.40 bits per heavy atom. The van der Waals surface area contributed by atoms with Crippen LogP contribution in [0.1, 0.15) is 31.5 Å². The number of aromatic amines is 1. The lowest BCUT2D eigenvalue weighted by atomic mass is 10.1. The average Bonchev–Trinajstić information content (AvgIpc) is 2.58. The fraction of sp³-hybridized carbons (Fsp3) is 0.727. The Morgan fingerprint density at radius 3 is 3.00 bits per heavy atom. The molecule has 0 aliphatic carbocycles. The molecule has 2 heterocycles. The van der Waals surface area contributed by atoms with Crippen molar-refractivity contribution < 1.29 is 0 Å². The standard InChI is InChI=1S/C11H19N3S/c1-3-13-6-4-5-10(8-13)14-7-9(2)12-11(14)15/h7,10H,3-6,8H2,1-2H3,(H,12,15). The van der Waals surface area contributed by atoms with Crippen LogP contribution in [0.15, 0.2) is 6.20 Å². The summed E-state index contributed by atoms with van der Waals surface area (Å²) in [6.45, 7) is 7.82. The molecule has 3 nitrogen and oxygen atoms in total. The van der Waals surface area contributed by atoms with Crippen molar-refractivity contribution >= 4 is 12.2 Å². The van der Waals surface area contributed by atoms with Crippen LogP contribution >= 0.6 is 12.2 Å². The Kier molecular flexibility index (Phi) is 3.26. The van der Waals surface area contributed by atoms with Gasteiger partial charge in [0.15, 0.2) is 4.77 Å². The molecule has 0 spiro atoms. The van der Waals surface area contributed by atoms with Gasteiger partial charge in [0, 0.05) is 24.5 Å². The summed E-state index contributed by atoms with van der Waals surface area (Å²) in [4.78, 5) is 5.70. The molecule has 0 aromatic carbocycles. The van der Waals surface area contributed by atoms with Crippen LogP contribution < -0.4 is 0 Å². The maximum absolute atomic E-state index is 5.32. The first kappa shape index (κ1) is 10.9. The van der Waals surface area contributed by atoms with E-state index in [4.69, 9.17) is 12.2 Å². The van der Waals surface area contributed by atoms with Gasteiger partial charge in [-0.3, -0.25) is 0 Å². The van der Waals surface area contributed by atoms with E-state index in [0.29, 0.717) is 6.04 Å². The minimum atomic E-state index is 0.566. The Balaban J connectivity index is 2.16. The van der Waals surface area contributed by atoms with E-state index < -0.39 is 0 Å². The van der Waals surface area contributed by atoms with E-state index in [2.05, 4.69) is 34.5 Å². The van der Waals surface area contributed by atoms with Crippen molar-refractivity contribution in [3.05, 3.63) is 16.7 Å². The van der Waals surface area contributed by atoms with Gasteiger partial charge in [-0.1, -0.05) is 6.92 Å². The summed E-state index contributed by atoms with van der Waals surface area (Å²) in [5.74, 6) is 0. The van der Waals surface area contributed by atoms with Crippen LogP contribution in [0.5, 0.6) is 0 Å². The highest BCUT2D eigenvalue weighted by Gasteiger charge is 2.20. The molecule has 0 saturated carbocycles. The van der Waals surface area contributed by atoms with Gasteiger partial charge in [-0.05, 0) is 45.1 Å². The smallest absolute Gasteiger partial charge is 0.177 e. The van der Waals surface area contributed by atoms with Crippen molar-refractivity contribution in [2.24, 2.45) is 0 Å². The zero-order valence-corrected chi connectivity index (χ0v) is 10.3. The monoisotopic (exact) mass is 225 g/mol. The second-order valence-corrected chi connectivity index (χ2v) is 4.73. The van der Waals surface area contributed by atoms with Gasteiger partial charge >= 0.3 is 0 Å². The van der Waals surface area contributed by atoms with Gasteiger partial charge in [0.05, 0.1) is 0 Å². The minimum Gasteiger partial charge on any atom is -0.335 e. The van der Waals surface area contributed by atoms with Crippen LogP contribution in [-0.2, 0) is 0 Å². The second kappa shape index (κ2) is 4.49. The summed E-state index contributed by atoms with van der Waals surface area (Å²) < 4.78 is 3.10. The molecular formula is C11H19N3S. The third kappa shape index (κ3) is 2.32. The van der Waals surface area contributed by atoms with Crippen molar-refractivity contribution in [3.63, 3.8) is 0 Å². The number of nitrogens with one attached hydrogen (secondary N) is 1. The Labute approximate surface area is 96.1 Å². The summed E-state index contributed by atoms with van der Waals surface area (Å²) in [7, 11) is 0. The Hall–Kier alpha value is -0.610. The molecule has 1 N–H and O–H groups in total. The number of hydrogen-bond donors (Lipinski definition) is 1. The molecule has 1 saturated heterocycles. The maximum atomic E-state index is 5.32. The molecule has 1 aliphatic rings. The van der Waals surface area contributed by atoms with E-state index in [-0.39, 0.29) is 0 Å². The van der Waals surface area contributed by atoms with Gasteiger partial charge in [0.2, 0.25) is 0 Å². The SMILES string of the molecule is CCN1CCCC(n2cc(C)[nH]c2=S)C1. The summed E-state index contributed by atoms with van der Waals surface area (Å²) in [5, 5.41) is 0. The van der Waals surface area contributed by atoms with Crippen molar-refractivity contribution in [2.45, 2.75) is 32.7 Å². The largest absolute Gasteiger partial charge is 0.335 e. The van der Waals surface area contributed by atoms with Crippen LogP contribution in [-0.4, -0.2) is 34.1 Å². The fourth-order valence-corrected chi connectivity index (χ4v) is 2.71. The zero-order chi connectivity index (χ0) is 10.8. The fourth-order valence-electron chi connectivity index (χ4n) is 2.35. The van der Waals surface area contributed by atoms with Crippen LogP contribution in [0.2, 0.25) is 0 Å². The number of imidazole rings is 1. The molecule has 0 bridgehead atoms. The summed E-state index contributed by atoms with van der Waals surface area (Å²) >= 11 is 5.32. The number of likely N-dealkylation sites (tertiary alicyclic amines) is 1. The van der Waals surface area contributed by atoms with E-state index >= 15 is 0 Å². The lowest BCUT2D eigenvalue weighted by Crippen LogP contribution is -2.36. The molecule has 84 valence electrons. The number of nitrogens with zero attached hydrogens (tertiary/aromatic N) is 2. The normalized spacial score (nSPS) is 23.2. The zero-order valence-electron chi connectivity index (χ0n) is 9.49. The van der Waals surface area contributed by atoms with E-state index in [9.17, 15) is 0 Å². The minimum absolute atomic E-state index is 0.566. The first-order valence-electron chi connectivity index (χ1n) is 5.71. The van der Waals surface area contributed by atoms with Crippen LogP contribution in [0, 0.1) is 11.7 Å². The summed E-state index contributed by atoms with van der Waals surface area (Å²) in [6.07, 6.45) is 4.68. The maximum Gasteiger partial charge on any atom is 0.177 e. The highest BCUT2D eigenvalue weighted by Crippen LogP contribution is 2.21. The first-order valence-corrected chi connectivity index (χ1v) is 6.11. The molecule has 1 aromatic rings. The molecule has 0 radical (unpaired) electrons. The van der Waals surface area contributed by atoms with Gasteiger partial charge in [-0.2, -0.15) is 0 Å². The van der Waals surface area contributed by atoms with E-state index in [1.54, 1.807) is 0 Å². The van der Waals surface area contributed by atoms with Crippen LogP contribution in [0.3, 0.4) is 0 Å². The number of aromatic nitrogens is 2. The third-order valence-electron chi connectivity index (χ3n) is 3.19. The van der Waals surface area contributed by atoms with Gasteiger partial charge in [-0.25, -0.2) is 0 Å². The molecule has 1 aromatic heterocycles. The number of rotatable bonds is 2. The number of piperidine rings is 1.